The van der Waals surface area contributed by atoms with Crippen LogP contribution in [0.15, 0.2) is 24.5 Å². The molecule has 102 valence electrons. The van der Waals surface area contributed by atoms with Crippen molar-refractivity contribution in [1.82, 2.24) is 9.55 Å². The number of imidazole rings is 1. The van der Waals surface area contributed by atoms with Gasteiger partial charge in [-0.2, -0.15) is 0 Å². The molecule has 1 aromatic heterocycles. The zero-order valence-corrected chi connectivity index (χ0v) is 10.4. The predicted molar refractivity (Wildman–Crippen MR) is 65.1 cm³/mol. The van der Waals surface area contributed by atoms with Crippen molar-refractivity contribution in [1.29, 1.82) is 0 Å². The van der Waals surface area contributed by atoms with Crippen LogP contribution in [0.3, 0.4) is 0 Å². The Balaban J connectivity index is 2.09. The first kappa shape index (κ1) is 12.5. The van der Waals surface area contributed by atoms with Gasteiger partial charge in [0.1, 0.15) is 11.6 Å². The van der Waals surface area contributed by atoms with Gasteiger partial charge in [0.2, 0.25) is 0 Å². The molecule has 0 spiro atoms. The van der Waals surface area contributed by atoms with Crippen LogP contribution in [0.4, 0.5) is 14.5 Å². The smallest absolute Gasteiger partial charge is 0.299 e. The van der Waals surface area contributed by atoms with Crippen molar-refractivity contribution >= 4 is 17.4 Å². The number of rotatable bonds is 2. The Hall–Kier alpha value is -2.57. The van der Waals surface area contributed by atoms with Crippen LogP contribution < -0.4 is 4.90 Å². The standard InChI is InChI=1S/C13H9F2N3O2/c1-17-3-2-16-10(17)6-18-11-8(12(19)13(18)20)4-7(14)5-9(11)15/h2-5H,6H2,1H3. The van der Waals surface area contributed by atoms with E-state index in [-0.39, 0.29) is 17.8 Å². The van der Waals surface area contributed by atoms with Gasteiger partial charge >= 0.3 is 0 Å². The highest BCUT2D eigenvalue weighted by atomic mass is 19.1. The van der Waals surface area contributed by atoms with E-state index < -0.39 is 23.3 Å². The zero-order valence-electron chi connectivity index (χ0n) is 10.4. The Morgan fingerprint density at radius 2 is 2.00 bits per heavy atom. The summed E-state index contributed by atoms with van der Waals surface area (Å²) < 4.78 is 28.7. The lowest BCUT2D eigenvalue weighted by atomic mass is 10.1. The summed E-state index contributed by atoms with van der Waals surface area (Å²) >= 11 is 0. The Morgan fingerprint density at radius 1 is 1.25 bits per heavy atom. The lowest BCUT2D eigenvalue weighted by Gasteiger charge is -2.16. The van der Waals surface area contributed by atoms with Crippen LogP contribution in [-0.4, -0.2) is 21.2 Å². The van der Waals surface area contributed by atoms with Gasteiger partial charge in [-0.3, -0.25) is 14.5 Å². The van der Waals surface area contributed by atoms with Crippen molar-refractivity contribution in [2.45, 2.75) is 6.54 Å². The monoisotopic (exact) mass is 277 g/mol. The second kappa shape index (κ2) is 4.22. The molecule has 0 atom stereocenters. The average Bonchev–Trinajstić information content (AvgIpc) is 2.88. The summed E-state index contributed by atoms with van der Waals surface area (Å²) in [5.41, 5.74) is -0.439. The number of hydrogen-bond acceptors (Lipinski definition) is 3. The number of hydrogen-bond donors (Lipinski definition) is 0. The molecule has 7 heteroatoms. The van der Waals surface area contributed by atoms with Gasteiger partial charge in [0.05, 0.1) is 17.8 Å². The highest BCUT2D eigenvalue weighted by Gasteiger charge is 2.39. The van der Waals surface area contributed by atoms with E-state index in [9.17, 15) is 18.4 Å². The maximum absolute atomic E-state index is 13.9. The van der Waals surface area contributed by atoms with Crippen molar-refractivity contribution in [3.8, 4) is 0 Å². The van der Waals surface area contributed by atoms with Gasteiger partial charge < -0.3 is 4.57 Å². The first-order chi connectivity index (χ1) is 9.49. The molecule has 2 heterocycles. The minimum Gasteiger partial charge on any atom is -0.337 e. The van der Waals surface area contributed by atoms with Gasteiger partial charge in [-0.05, 0) is 6.07 Å². The molecule has 0 fully saturated rings. The Kier molecular flexibility index (Phi) is 2.63. The van der Waals surface area contributed by atoms with Crippen LogP contribution in [0, 0.1) is 11.6 Å². The molecule has 1 aliphatic heterocycles. The Morgan fingerprint density at radius 3 is 2.65 bits per heavy atom. The summed E-state index contributed by atoms with van der Waals surface area (Å²) in [6.45, 7) is -0.0520. The molecular weight excluding hydrogens is 268 g/mol. The fourth-order valence-corrected chi connectivity index (χ4v) is 2.19. The number of amides is 1. The third kappa shape index (κ3) is 1.70. The normalized spacial score (nSPS) is 14.1. The molecule has 5 nitrogen and oxygen atoms in total. The van der Waals surface area contributed by atoms with Crippen molar-refractivity contribution in [3.63, 3.8) is 0 Å². The molecule has 2 aromatic rings. The van der Waals surface area contributed by atoms with Gasteiger partial charge in [-0.15, -0.1) is 0 Å². The van der Waals surface area contributed by atoms with E-state index >= 15 is 0 Å². The minimum atomic E-state index is -0.937. The van der Waals surface area contributed by atoms with Crippen LogP contribution in [0.1, 0.15) is 16.2 Å². The molecule has 3 rings (SSSR count). The van der Waals surface area contributed by atoms with Gasteiger partial charge in [0, 0.05) is 25.5 Å². The molecule has 0 saturated heterocycles. The average molecular weight is 277 g/mol. The number of fused-ring (bicyclic) bond motifs is 1. The molecule has 0 unspecified atom stereocenters. The van der Waals surface area contributed by atoms with E-state index in [1.165, 1.54) is 6.20 Å². The van der Waals surface area contributed by atoms with Gasteiger partial charge in [0.15, 0.2) is 5.82 Å². The van der Waals surface area contributed by atoms with Crippen LogP contribution >= 0.6 is 0 Å². The van der Waals surface area contributed by atoms with Crippen LogP contribution in [0.25, 0.3) is 0 Å². The number of Topliss-reactive ketones (excluding diaryl/α,β-unsaturated/α-hetero) is 1. The maximum atomic E-state index is 13.9. The number of carbonyl (C=O) groups is 2. The van der Waals surface area contributed by atoms with Crippen molar-refractivity contribution in [2.24, 2.45) is 7.05 Å². The van der Waals surface area contributed by atoms with E-state index in [2.05, 4.69) is 4.98 Å². The van der Waals surface area contributed by atoms with E-state index in [4.69, 9.17) is 0 Å². The molecule has 1 aliphatic rings. The topological polar surface area (TPSA) is 55.2 Å². The van der Waals surface area contributed by atoms with E-state index in [1.807, 2.05) is 0 Å². The third-order valence-electron chi connectivity index (χ3n) is 3.20. The summed E-state index contributed by atoms with van der Waals surface area (Å²) in [6, 6.07) is 1.52. The highest BCUT2D eigenvalue weighted by molar-refractivity contribution is 6.52. The number of halogens is 2. The van der Waals surface area contributed by atoms with E-state index in [0.29, 0.717) is 11.9 Å². The maximum Gasteiger partial charge on any atom is 0.299 e. The summed E-state index contributed by atoms with van der Waals surface area (Å²) in [6.07, 6.45) is 3.19. The van der Waals surface area contributed by atoms with Crippen LogP contribution in [0.5, 0.6) is 0 Å². The number of ketones is 1. The van der Waals surface area contributed by atoms with Crippen molar-refractivity contribution in [3.05, 3.63) is 47.5 Å². The summed E-state index contributed by atoms with van der Waals surface area (Å²) in [5, 5.41) is 0. The fourth-order valence-electron chi connectivity index (χ4n) is 2.19. The first-order valence-corrected chi connectivity index (χ1v) is 5.80. The number of nitrogens with zero attached hydrogens (tertiary/aromatic N) is 3. The van der Waals surface area contributed by atoms with Crippen molar-refractivity contribution in [2.75, 3.05) is 4.90 Å². The van der Waals surface area contributed by atoms with Gasteiger partial charge in [0.25, 0.3) is 11.7 Å². The molecule has 20 heavy (non-hydrogen) atoms. The second-order valence-corrected chi connectivity index (χ2v) is 4.46. The molecule has 0 saturated carbocycles. The Bertz CT molecular complexity index is 739. The van der Waals surface area contributed by atoms with Crippen molar-refractivity contribution < 1.29 is 18.4 Å². The van der Waals surface area contributed by atoms with E-state index in [0.717, 1.165) is 11.0 Å². The Labute approximate surface area is 112 Å². The highest BCUT2D eigenvalue weighted by Crippen LogP contribution is 2.33. The largest absolute Gasteiger partial charge is 0.337 e. The third-order valence-corrected chi connectivity index (χ3v) is 3.20. The summed E-state index contributed by atoms with van der Waals surface area (Å²) in [4.78, 5) is 28.7. The second-order valence-electron chi connectivity index (χ2n) is 4.46. The number of carbonyl (C=O) groups excluding carboxylic acids is 2. The molecule has 1 amide bonds. The molecule has 0 bridgehead atoms. The fraction of sp³-hybridized carbons (Fsp3) is 0.154. The minimum absolute atomic E-state index is 0.0520. The molecule has 0 radical (unpaired) electrons. The quantitative estimate of drug-likeness (QED) is 0.780. The van der Waals surface area contributed by atoms with Crippen LogP contribution in [-0.2, 0) is 18.4 Å². The predicted octanol–water partition coefficient (Wildman–Crippen LogP) is 1.43. The number of aryl methyl sites for hydroxylation is 1. The zero-order chi connectivity index (χ0) is 14.4. The summed E-state index contributed by atoms with van der Waals surface area (Å²) in [7, 11) is 1.71. The lowest BCUT2D eigenvalue weighted by Crippen LogP contribution is -2.30. The van der Waals surface area contributed by atoms with Gasteiger partial charge in [-0.25, -0.2) is 13.8 Å². The van der Waals surface area contributed by atoms with Crippen LogP contribution in [0.2, 0.25) is 0 Å². The van der Waals surface area contributed by atoms with E-state index in [1.54, 1.807) is 17.8 Å². The number of anilines is 1. The first-order valence-electron chi connectivity index (χ1n) is 5.80. The lowest BCUT2D eigenvalue weighted by molar-refractivity contribution is -0.114. The molecule has 1 aromatic carbocycles. The number of benzene rings is 1. The van der Waals surface area contributed by atoms with Gasteiger partial charge in [-0.1, -0.05) is 0 Å². The molecular formula is C13H9F2N3O2. The molecule has 0 N–H and O–H groups in total. The summed E-state index contributed by atoms with van der Waals surface area (Å²) in [5.74, 6) is -3.13. The SMILES string of the molecule is Cn1ccnc1CN1C(=O)C(=O)c2cc(F)cc(F)c21. The number of aromatic nitrogens is 2. The molecule has 0 aliphatic carbocycles.